The minimum absolute atomic E-state index is 0.424. The number of hydrogen-bond acceptors (Lipinski definition) is 3. The van der Waals surface area contributed by atoms with E-state index in [0.717, 1.165) is 5.56 Å². The first-order valence-electron chi connectivity index (χ1n) is 5.75. The molecule has 1 atom stereocenters. The van der Waals surface area contributed by atoms with Gasteiger partial charge >= 0.3 is 0 Å². The summed E-state index contributed by atoms with van der Waals surface area (Å²) in [4.78, 5) is 3.94. The van der Waals surface area contributed by atoms with E-state index in [1.165, 1.54) is 0 Å². The minimum atomic E-state index is -0.424. The Labute approximate surface area is 111 Å². The van der Waals surface area contributed by atoms with E-state index in [1.807, 2.05) is 31.2 Å². The predicted octanol–water partition coefficient (Wildman–Crippen LogP) is 3.97. The van der Waals surface area contributed by atoms with Crippen molar-refractivity contribution in [1.29, 1.82) is 0 Å². The molecule has 0 spiro atoms. The second-order valence-corrected chi connectivity index (χ2v) is 4.37. The van der Waals surface area contributed by atoms with Crippen LogP contribution < -0.4 is 4.74 Å². The summed E-state index contributed by atoms with van der Waals surface area (Å²) in [5.41, 5.74) is 0.883. The van der Waals surface area contributed by atoms with Gasteiger partial charge in [0.15, 0.2) is 0 Å². The Hall–Kier alpha value is -1.58. The summed E-state index contributed by atoms with van der Waals surface area (Å²) in [7, 11) is 0. The predicted molar refractivity (Wildman–Crippen MR) is 71.0 cm³/mol. The molecule has 2 rings (SSSR count). The molecule has 1 aromatic heterocycles. The van der Waals surface area contributed by atoms with Gasteiger partial charge in [-0.25, -0.2) is 0 Å². The fraction of sp³-hybridized carbons (Fsp3) is 0.214. The van der Waals surface area contributed by atoms with Gasteiger partial charge in [0, 0.05) is 12.3 Å². The molecular weight excluding hydrogens is 250 g/mol. The van der Waals surface area contributed by atoms with E-state index in [1.54, 1.807) is 18.5 Å². The SMILES string of the molecule is CCC(O)c1ccc(Oc2cncc(Cl)c2)cc1. The van der Waals surface area contributed by atoms with Crippen molar-refractivity contribution in [2.24, 2.45) is 0 Å². The molecule has 0 amide bonds. The highest BCUT2D eigenvalue weighted by atomic mass is 35.5. The van der Waals surface area contributed by atoms with Crippen molar-refractivity contribution in [2.45, 2.75) is 19.4 Å². The summed E-state index contributed by atoms with van der Waals surface area (Å²) < 4.78 is 5.60. The number of benzene rings is 1. The van der Waals surface area contributed by atoms with Crippen molar-refractivity contribution in [3.63, 3.8) is 0 Å². The van der Waals surface area contributed by atoms with Crippen LogP contribution in [0.15, 0.2) is 42.7 Å². The first-order valence-corrected chi connectivity index (χ1v) is 6.13. The van der Waals surface area contributed by atoms with E-state index >= 15 is 0 Å². The van der Waals surface area contributed by atoms with Crippen LogP contribution in [-0.2, 0) is 0 Å². The van der Waals surface area contributed by atoms with Crippen molar-refractivity contribution in [3.8, 4) is 11.5 Å². The molecule has 0 aliphatic heterocycles. The molecule has 0 aliphatic carbocycles. The van der Waals surface area contributed by atoms with E-state index in [0.29, 0.717) is 22.9 Å². The third kappa shape index (κ3) is 3.22. The molecule has 0 radical (unpaired) electrons. The van der Waals surface area contributed by atoms with Gasteiger partial charge in [-0.1, -0.05) is 30.7 Å². The summed E-state index contributed by atoms with van der Waals surface area (Å²) >= 11 is 5.82. The second kappa shape index (κ2) is 5.85. The number of halogens is 1. The average Bonchev–Trinajstić information content (AvgIpc) is 2.39. The van der Waals surface area contributed by atoms with Crippen LogP contribution in [0.4, 0.5) is 0 Å². The summed E-state index contributed by atoms with van der Waals surface area (Å²) in [5, 5.41) is 10.2. The Morgan fingerprint density at radius 3 is 2.56 bits per heavy atom. The number of aliphatic hydroxyl groups excluding tert-OH is 1. The molecule has 0 bridgehead atoms. The molecule has 1 heterocycles. The van der Waals surface area contributed by atoms with Gasteiger partial charge in [0.1, 0.15) is 11.5 Å². The maximum absolute atomic E-state index is 9.68. The normalized spacial score (nSPS) is 12.2. The Balaban J connectivity index is 2.11. The minimum Gasteiger partial charge on any atom is -0.456 e. The van der Waals surface area contributed by atoms with Gasteiger partial charge in [0.25, 0.3) is 0 Å². The summed E-state index contributed by atoms with van der Waals surface area (Å²) in [6.07, 6.45) is 3.42. The lowest BCUT2D eigenvalue weighted by Crippen LogP contribution is -1.94. The second-order valence-electron chi connectivity index (χ2n) is 3.93. The fourth-order valence-corrected chi connectivity index (χ4v) is 1.74. The van der Waals surface area contributed by atoms with E-state index in [-0.39, 0.29) is 0 Å². The number of ether oxygens (including phenoxy) is 1. The lowest BCUT2D eigenvalue weighted by molar-refractivity contribution is 0.173. The number of aromatic nitrogens is 1. The third-order valence-corrected chi connectivity index (χ3v) is 2.77. The van der Waals surface area contributed by atoms with Crippen LogP contribution in [0.3, 0.4) is 0 Å². The molecule has 0 fully saturated rings. The van der Waals surface area contributed by atoms with E-state index < -0.39 is 6.10 Å². The van der Waals surface area contributed by atoms with Crippen LogP contribution in [0.1, 0.15) is 25.0 Å². The number of pyridine rings is 1. The monoisotopic (exact) mass is 263 g/mol. The highest BCUT2D eigenvalue weighted by molar-refractivity contribution is 6.30. The average molecular weight is 264 g/mol. The summed E-state index contributed by atoms with van der Waals surface area (Å²) in [5.74, 6) is 1.28. The molecule has 1 aromatic carbocycles. The number of nitrogens with zero attached hydrogens (tertiary/aromatic N) is 1. The third-order valence-electron chi connectivity index (χ3n) is 2.57. The molecule has 2 aromatic rings. The Kier molecular flexibility index (Phi) is 4.18. The molecule has 4 heteroatoms. The Morgan fingerprint density at radius 2 is 1.94 bits per heavy atom. The van der Waals surface area contributed by atoms with E-state index in [2.05, 4.69) is 4.98 Å². The lowest BCUT2D eigenvalue weighted by atomic mass is 10.1. The highest BCUT2D eigenvalue weighted by Crippen LogP contribution is 2.25. The van der Waals surface area contributed by atoms with Gasteiger partial charge < -0.3 is 9.84 Å². The number of hydrogen-bond donors (Lipinski definition) is 1. The zero-order valence-corrected chi connectivity index (χ0v) is 10.8. The molecule has 1 unspecified atom stereocenters. The van der Waals surface area contributed by atoms with Crippen LogP contribution in [0.5, 0.6) is 11.5 Å². The van der Waals surface area contributed by atoms with Gasteiger partial charge in [-0.2, -0.15) is 0 Å². The highest BCUT2D eigenvalue weighted by Gasteiger charge is 2.05. The standard InChI is InChI=1S/C14H14ClNO2/c1-2-14(17)10-3-5-12(6-4-10)18-13-7-11(15)8-16-9-13/h3-9,14,17H,2H2,1H3. The van der Waals surface area contributed by atoms with Gasteiger partial charge in [-0.3, -0.25) is 4.98 Å². The van der Waals surface area contributed by atoms with Gasteiger partial charge in [0.2, 0.25) is 0 Å². The molecule has 3 nitrogen and oxygen atoms in total. The van der Waals surface area contributed by atoms with E-state index in [4.69, 9.17) is 16.3 Å². The van der Waals surface area contributed by atoms with Crippen LogP contribution in [0.25, 0.3) is 0 Å². The summed E-state index contributed by atoms with van der Waals surface area (Å²) in [6, 6.07) is 9.02. The molecule has 1 N–H and O–H groups in total. The van der Waals surface area contributed by atoms with Crippen LogP contribution in [-0.4, -0.2) is 10.1 Å². The first-order chi connectivity index (χ1) is 8.69. The molecule has 0 aliphatic rings. The zero-order valence-electron chi connectivity index (χ0n) is 10.0. The molecule has 18 heavy (non-hydrogen) atoms. The largest absolute Gasteiger partial charge is 0.456 e. The molecule has 0 saturated heterocycles. The smallest absolute Gasteiger partial charge is 0.147 e. The quantitative estimate of drug-likeness (QED) is 0.908. The maximum Gasteiger partial charge on any atom is 0.147 e. The van der Waals surface area contributed by atoms with Crippen LogP contribution >= 0.6 is 11.6 Å². The molecule has 94 valence electrons. The van der Waals surface area contributed by atoms with Gasteiger partial charge in [0.05, 0.1) is 17.3 Å². The van der Waals surface area contributed by atoms with Crippen molar-refractivity contribution in [2.75, 3.05) is 0 Å². The number of rotatable bonds is 4. The Bertz CT molecular complexity index is 513. The number of aliphatic hydroxyl groups is 1. The maximum atomic E-state index is 9.68. The van der Waals surface area contributed by atoms with Crippen LogP contribution in [0.2, 0.25) is 5.02 Å². The first kappa shape index (κ1) is 12.9. The van der Waals surface area contributed by atoms with E-state index in [9.17, 15) is 5.11 Å². The molecule has 0 saturated carbocycles. The van der Waals surface area contributed by atoms with Crippen molar-refractivity contribution < 1.29 is 9.84 Å². The zero-order chi connectivity index (χ0) is 13.0. The van der Waals surface area contributed by atoms with Crippen LogP contribution in [0, 0.1) is 0 Å². The molecular formula is C14H14ClNO2. The van der Waals surface area contributed by atoms with Crippen molar-refractivity contribution >= 4 is 11.6 Å². The van der Waals surface area contributed by atoms with Gasteiger partial charge in [-0.15, -0.1) is 0 Å². The van der Waals surface area contributed by atoms with Crippen molar-refractivity contribution in [3.05, 3.63) is 53.3 Å². The Morgan fingerprint density at radius 1 is 1.22 bits per heavy atom. The van der Waals surface area contributed by atoms with Gasteiger partial charge in [-0.05, 0) is 24.1 Å². The van der Waals surface area contributed by atoms with Crippen molar-refractivity contribution in [1.82, 2.24) is 4.98 Å². The topological polar surface area (TPSA) is 42.4 Å². The summed E-state index contributed by atoms with van der Waals surface area (Å²) in [6.45, 7) is 1.94. The lowest BCUT2D eigenvalue weighted by Gasteiger charge is -2.09. The fourth-order valence-electron chi connectivity index (χ4n) is 1.58.